The predicted molar refractivity (Wildman–Crippen MR) is 142 cm³/mol. The van der Waals surface area contributed by atoms with Crippen LogP contribution in [-0.2, 0) is 9.53 Å². The van der Waals surface area contributed by atoms with Crippen molar-refractivity contribution in [2.75, 3.05) is 13.1 Å². The first kappa shape index (κ1) is 30.6. The molecule has 3 N–H and O–H groups in total. The molecule has 0 fully saturated rings. The van der Waals surface area contributed by atoms with E-state index in [1.807, 2.05) is 0 Å². The van der Waals surface area contributed by atoms with Gasteiger partial charge in [0.05, 0.1) is 6.54 Å². The summed E-state index contributed by atoms with van der Waals surface area (Å²) >= 11 is 0. The second-order valence-corrected chi connectivity index (χ2v) is 10.1. The number of nitrogens with one attached hydrogen (secondary N) is 1. The van der Waals surface area contributed by atoms with Gasteiger partial charge in [-0.3, -0.25) is 9.59 Å². The second-order valence-electron chi connectivity index (χ2n) is 10.1. The minimum absolute atomic E-state index is 0.314. The standard InChI is InChI=1S/C29H36N2O7/c1-28(2,36)25(33)22-13-9-20(10-14-22)24(21-11-15-23(16-12-21)26(34)29(3,4)37)38-27(35)31-18-8-6-5-7-17-30-19-32/h9-16,24,36-37H,5-8,17-18H2,1-4H3,(H,31,35). The lowest BCUT2D eigenvalue weighted by Crippen LogP contribution is -2.31. The zero-order valence-electron chi connectivity index (χ0n) is 22.3. The van der Waals surface area contributed by atoms with Crippen molar-refractivity contribution in [2.24, 2.45) is 4.99 Å². The Kier molecular flexibility index (Phi) is 11.1. The lowest BCUT2D eigenvalue weighted by atomic mass is 9.92. The van der Waals surface area contributed by atoms with E-state index in [0.717, 1.165) is 25.7 Å². The van der Waals surface area contributed by atoms with E-state index in [1.165, 1.54) is 33.8 Å². The Labute approximate surface area is 222 Å². The van der Waals surface area contributed by atoms with Gasteiger partial charge in [0.2, 0.25) is 6.08 Å². The van der Waals surface area contributed by atoms with Crippen molar-refractivity contribution < 1.29 is 34.1 Å². The van der Waals surface area contributed by atoms with Crippen LogP contribution >= 0.6 is 0 Å². The lowest BCUT2D eigenvalue weighted by molar-refractivity contribution is 0.0487. The van der Waals surface area contributed by atoms with Crippen molar-refractivity contribution in [1.29, 1.82) is 0 Å². The fourth-order valence-electron chi connectivity index (χ4n) is 3.71. The first-order valence-electron chi connectivity index (χ1n) is 12.6. The summed E-state index contributed by atoms with van der Waals surface area (Å²) in [7, 11) is 0. The number of benzene rings is 2. The molecule has 9 heteroatoms. The van der Waals surface area contributed by atoms with Crippen LogP contribution in [-0.4, -0.2) is 58.2 Å². The maximum atomic E-state index is 12.6. The van der Waals surface area contributed by atoms with Gasteiger partial charge in [-0.05, 0) is 51.7 Å². The number of aliphatic hydroxyl groups is 2. The highest BCUT2D eigenvalue weighted by molar-refractivity contribution is 6.02. The van der Waals surface area contributed by atoms with Crippen LogP contribution in [0.2, 0.25) is 0 Å². The molecule has 0 unspecified atom stereocenters. The number of unbranched alkanes of at least 4 members (excludes halogenated alkanes) is 3. The van der Waals surface area contributed by atoms with Crippen molar-refractivity contribution >= 4 is 23.7 Å². The summed E-state index contributed by atoms with van der Waals surface area (Å²) in [5.74, 6) is -0.876. The molecule has 204 valence electrons. The molecular weight excluding hydrogens is 488 g/mol. The zero-order chi connectivity index (χ0) is 28.3. The number of ketones is 2. The largest absolute Gasteiger partial charge is 0.436 e. The monoisotopic (exact) mass is 524 g/mol. The molecule has 2 aromatic rings. The first-order valence-corrected chi connectivity index (χ1v) is 12.6. The van der Waals surface area contributed by atoms with Gasteiger partial charge < -0.3 is 20.3 Å². The molecule has 0 aromatic heterocycles. The maximum absolute atomic E-state index is 12.6. The number of isocyanates is 1. The van der Waals surface area contributed by atoms with Crippen molar-refractivity contribution in [3.8, 4) is 0 Å². The third-order valence-corrected chi connectivity index (χ3v) is 5.82. The van der Waals surface area contributed by atoms with Gasteiger partial charge in [-0.1, -0.05) is 61.4 Å². The van der Waals surface area contributed by atoms with Gasteiger partial charge in [0, 0.05) is 17.7 Å². The number of carbonyl (C=O) groups excluding carboxylic acids is 4. The molecule has 0 aliphatic heterocycles. The number of aliphatic imine (C=N–C) groups is 1. The average molecular weight is 525 g/mol. The van der Waals surface area contributed by atoms with E-state index >= 15 is 0 Å². The molecule has 38 heavy (non-hydrogen) atoms. The van der Waals surface area contributed by atoms with Crippen LogP contribution in [0.5, 0.6) is 0 Å². The molecular formula is C29H36N2O7. The number of hydrogen-bond acceptors (Lipinski definition) is 8. The third-order valence-electron chi connectivity index (χ3n) is 5.82. The van der Waals surface area contributed by atoms with Crippen LogP contribution in [0, 0.1) is 0 Å². The molecule has 0 bridgehead atoms. The number of rotatable bonds is 14. The number of hydrogen-bond donors (Lipinski definition) is 3. The van der Waals surface area contributed by atoms with E-state index in [-0.39, 0.29) is 0 Å². The Morgan fingerprint density at radius 2 is 1.26 bits per heavy atom. The number of ether oxygens (including phenoxy) is 1. The third kappa shape index (κ3) is 9.34. The summed E-state index contributed by atoms with van der Waals surface area (Å²) < 4.78 is 5.74. The van der Waals surface area contributed by atoms with E-state index in [9.17, 15) is 29.4 Å². The minimum atomic E-state index is -1.53. The van der Waals surface area contributed by atoms with E-state index in [0.29, 0.717) is 35.3 Å². The van der Waals surface area contributed by atoms with Crippen molar-refractivity contribution in [2.45, 2.75) is 70.7 Å². The Morgan fingerprint density at radius 1 is 0.816 bits per heavy atom. The number of nitrogens with zero attached hydrogens (tertiary/aromatic N) is 1. The van der Waals surface area contributed by atoms with Crippen LogP contribution in [0.15, 0.2) is 53.5 Å². The number of alkyl carbamates (subject to hydrolysis) is 1. The van der Waals surface area contributed by atoms with Crippen LogP contribution in [0.3, 0.4) is 0 Å². The first-order chi connectivity index (χ1) is 17.8. The van der Waals surface area contributed by atoms with E-state index < -0.39 is 35.0 Å². The summed E-state index contributed by atoms with van der Waals surface area (Å²) in [6, 6.07) is 12.8. The fourth-order valence-corrected chi connectivity index (χ4v) is 3.71. The maximum Gasteiger partial charge on any atom is 0.408 e. The molecule has 0 saturated heterocycles. The summed E-state index contributed by atoms with van der Waals surface area (Å²) in [6.07, 6.45) is 3.27. The summed E-state index contributed by atoms with van der Waals surface area (Å²) in [5, 5.41) is 22.8. The van der Waals surface area contributed by atoms with Gasteiger partial charge in [-0.15, -0.1) is 0 Å². The van der Waals surface area contributed by atoms with Crippen molar-refractivity contribution in [3.63, 3.8) is 0 Å². The molecule has 2 rings (SSSR count). The molecule has 1 amide bonds. The molecule has 0 heterocycles. The number of carbonyl (C=O) groups is 3. The number of Topliss-reactive ketones (excluding diaryl/α,β-unsaturated/α-hetero) is 2. The molecule has 9 nitrogen and oxygen atoms in total. The molecule has 2 aromatic carbocycles. The summed E-state index contributed by atoms with van der Waals surface area (Å²) in [6.45, 7) is 6.50. The smallest absolute Gasteiger partial charge is 0.408 e. The highest BCUT2D eigenvalue weighted by Crippen LogP contribution is 2.28. The van der Waals surface area contributed by atoms with Crippen LogP contribution in [0.25, 0.3) is 0 Å². The van der Waals surface area contributed by atoms with Gasteiger partial charge in [0.25, 0.3) is 0 Å². The quantitative estimate of drug-likeness (QED) is 0.145. The molecule has 0 aliphatic rings. The van der Waals surface area contributed by atoms with Crippen molar-refractivity contribution in [1.82, 2.24) is 5.32 Å². The fraction of sp³-hybridized carbons (Fsp3) is 0.448. The van der Waals surface area contributed by atoms with E-state index in [4.69, 9.17) is 4.74 Å². The summed E-state index contributed by atoms with van der Waals surface area (Å²) in [4.78, 5) is 51.0. The SMILES string of the molecule is CC(C)(O)C(=O)c1ccc(C(OC(=O)NCCCCCCN=C=O)c2ccc(C(=O)C(C)(C)O)cc2)cc1. The topological polar surface area (TPSA) is 142 Å². The Bertz CT molecular complexity index is 1070. The van der Waals surface area contributed by atoms with Crippen LogP contribution in [0.4, 0.5) is 4.79 Å². The average Bonchev–Trinajstić information content (AvgIpc) is 2.87. The van der Waals surface area contributed by atoms with Crippen molar-refractivity contribution in [3.05, 3.63) is 70.8 Å². The number of amides is 1. The minimum Gasteiger partial charge on any atom is -0.436 e. The summed E-state index contributed by atoms with van der Waals surface area (Å²) in [5.41, 5.74) is -1.25. The van der Waals surface area contributed by atoms with E-state index in [2.05, 4.69) is 10.3 Å². The van der Waals surface area contributed by atoms with Gasteiger partial charge in [0.1, 0.15) is 11.2 Å². The second kappa shape index (κ2) is 13.8. The van der Waals surface area contributed by atoms with E-state index in [1.54, 1.807) is 48.5 Å². The van der Waals surface area contributed by atoms with Gasteiger partial charge in [-0.2, -0.15) is 0 Å². The zero-order valence-corrected chi connectivity index (χ0v) is 22.3. The normalized spacial score (nSPS) is 11.6. The Morgan fingerprint density at radius 3 is 1.68 bits per heavy atom. The van der Waals surface area contributed by atoms with Gasteiger partial charge in [0.15, 0.2) is 17.7 Å². The van der Waals surface area contributed by atoms with Crippen LogP contribution in [0.1, 0.15) is 91.3 Å². The Balaban J connectivity index is 2.17. The molecule has 0 spiro atoms. The van der Waals surface area contributed by atoms with Crippen LogP contribution < -0.4 is 5.32 Å². The molecule has 0 saturated carbocycles. The highest BCUT2D eigenvalue weighted by Gasteiger charge is 2.27. The van der Waals surface area contributed by atoms with Gasteiger partial charge >= 0.3 is 6.09 Å². The lowest BCUT2D eigenvalue weighted by Gasteiger charge is -2.21. The highest BCUT2D eigenvalue weighted by atomic mass is 16.6. The molecule has 0 aliphatic carbocycles. The Hall–Kier alpha value is -3.65. The van der Waals surface area contributed by atoms with Gasteiger partial charge in [-0.25, -0.2) is 14.6 Å². The predicted octanol–water partition coefficient (Wildman–Crippen LogP) is 4.31. The molecule has 0 atom stereocenters. The molecule has 0 radical (unpaired) electrons.